The van der Waals surface area contributed by atoms with Crippen LogP contribution in [0.2, 0.25) is 0 Å². The summed E-state index contributed by atoms with van der Waals surface area (Å²) in [6.45, 7) is 2.42. The summed E-state index contributed by atoms with van der Waals surface area (Å²) in [7, 11) is 0. The largest absolute Gasteiger partial charge is 0.428 e. The molecule has 0 radical (unpaired) electrons. The molecule has 4 rings (SSSR count). The van der Waals surface area contributed by atoms with Gasteiger partial charge in [-0.15, -0.1) is 0 Å². The predicted molar refractivity (Wildman–Crippen MR) is 94.4 cm³/mol. The van der Waals surface area contributed by atoms with Gasteiger partial charge in [0.1, 0.15) is 0 Å². The van der Waals surface area contributed by atoms with Crippen molar-refractivity contribution in [3.8, 4) is 0 Å². The van der Waals surface area contributed by atoms with Gasteiger partial charge in [-0.3, -0.25) is 0 Å². The van der Waals surface area contributed by atoms with Crippen molar-refractivity contribution in [2.75, 3.05) is 37.0 Å². The minimum atomic E-state index is -0.294. The summed E-state index contributed by atoms with van der Waals surface area (Å²) in [6, 6.07) is 10.2. The molecule has 130 valence electrons. The number of ether oxygens (including phenoxy) is 1. The first kappa shape index (κ1) is 15.7. The minimum absolute atomic E-state index is 0.0644. The van der Waals surface area contributed by atoms with Crippen LogP contribution in [-0.2, 0) is 10.2 Å². The first-order valence-corrected chi connectivity index (χ1v) is 8.53. The molecule has 7 heteroatoms. The van der Waals surface area contributed by atoms with Crippen LogP contribution in [0.3, 0.4) is 0 Å². The second kappa shape index (κ2) is 6.58. The van der Waals surface area contributed by atoms with E-state index in [0.29, 0.717) is 19.0 Å². The maximum Gasteiger partial charge on any atom is 0.411 e. The topological polar surface area (TPSA) is 79.4 Å². The van der Waals surface area contributed by atoms with Gasteiger partial charge in [0.05, 0.1) is 0 Å². The van der Waals surface area contributed by atoms with Crippen molar-refractivity contribution in [1.82, 2.24) is 14.9 Å². The zero-order valence-electron chi connectivity index (χ0n) is 13.9. The SMILES string of the molecule is O=C(OCNc1ncccn1)N1CCC2(CC1)CNc1ccccc12. The lowest BCUT2D eigenvalue weighted by atomic mass is 9.74. The number of amides is 1. The molecular weight excluding hydrogens is 318 g/mol. The zero-order valence-corrected chi connectivity index (χ0v) is 13.9. The van der Waals surface area contributed by atoms with Crippen LogP contribution in [0, 0.1) is 0 Å². The molecule has 1 aromatic heterocycles. The van der Waals surface area contributed by atoms with Gasteiger partial charge in [0.15, 0.2) is 6.73 Å². The molecule has 0 aliphatic carbocycles. The second-order valence-electron chi connectivity index (χ2n) is 6.47. The number of aromatic nitrogens is 2. The minimum Gasteiger partial charge on any atom is -0.428 e. The quantitative estimate of drug-likeness (QED) is 0.836. The highest BCUT2D eigenvalue weighted by Crippen LogP contribution is 2.43. The van der Waals surface area contributed by atoms with Crippen LogP contribution in [0.5, 0.6) is 0 Å². The van der Waals surface area contributed by atoms with Crippen molar-refractivity contribution in [1.29, 1.82) is 0 Å². The lowest BCUT2D eigenvalue weighted by Gasteiger charge is -2.38. The highest BCUT2D eigenvalue weighted by Gasteiger charge is 2.42. The molecule has 2 aliphatic rings. The van der Waals surface area contributed by atoms with Gasteiger partial charge in [-0.25, -0.2) is 14.8 Å². The monoisotopic (exact) mass is 339 g/mol. The Balaban J connectivity index is 1.30. The summed E-state index contributed by atoms with van der Waals surface area (Å²) in [4.78, 5) is 22.1. The van der Waals surface area contributed by atoms with Gasteiger partial charge in [0.25, 0.3) is 0 Å². The molecule has 0 unspecified atom stereocenters. The maximum atomic E-state index is 12.2. The highest BCUT2D eigenvalue weighted by molar-refractivity contribution is 5.68. The summed E-state index contributed by atoms with van der Waals surface area (Å²) < 4.78 is 5.29. The number of hydrogen-bond donors (Lipinski definition) is 2. The van der Waals surface area contributed by atoms with Crippen LogP contribution >= 0.6 is 0 Å². The number of para-hydroxylation sites is 1. The fourth-order valence-electron chi connectivity index (χ4n) is 3.67. The molecule has 1 saturated heterocycles. The van der Waals surface area contributed by atoms with Crippen LogP contribution in [0.25, 0.3) is 0 Å². The van der Waals surface area contributed by atoms with Crippen LogP contribution in [-0.4, -0.2) is 47.3 Å². The average molecular weight is 339 g/mol. The van der Waals surface area contributed by atoms with Gasteiger partial charge in [0.2, 0.25) is 5.95 Å². The Morgan fingerprint density at radius 2 is 1.96 bits per heavy atom. The predicted octanol–water partition coefficient (Wildman–Crippen LogP) is 2.44. The average Bonchev–Trinajstić information content (AvgIpc) is 3.02. The third-order valence-electron chi connectivity index (χ3n) is 5.09. The lowest BCUT2D eigenvalue weighted by Crippen LogP contribution is -2.46. The first-order chi connectivity index (χ1) is 12.3. The Kier molecular flexibility index (Phi) is 4.13. The zero-order chi connectivity index (χ0) is 17.1. The summed E-state index contributed by atoms with van der Waals surface area (Å²) in [5, 5.41) is 6.37. The van der Waals surface area contributed by atoms with E-state index in [9.17, 15) is 4.79 Å². The third-order valence-corrected chi connectivity index (χ3v) is 5.09. The van der Waals surface area contributed by atoms with Gasteiger partial charge in [-0.1, -0.05) is 18.2 Å². The van der Waals surface area contributed by atoms with Gasteiger partial charge in [-0.05, 0) is 30.5 Å². The van der Waals surface area contributed by atoms with E-state index in [0.717, 1.165) is 19.4 Å². The van der Waals surface area contributed by atoms with E-state index in [-0.39, 0.29) is 18.2 Å². The molecule has 25 heavy (non-hydrogen) atoms. The van der Waals surface area contributed by atoms with E-state index in [1.807, 2.05) is 0 Å². The van der Waals surface area contributed by atoms with Crippen LogP contribution < -0.4 is 10.6 Å². The molecule has 0 saturated carbocycles. The normalized spacial score (nSPS) is 17.7. The van der Waals surface area contributed by atoms with Crippen LogP contribution in [0.15, 0.2) is 42.7 Å². The molecule has 3 heterocycles. The Hall–Kier alpha value is -2.83. The van der Waals surface area contributed by atoms with Crippen molar-refractivity contribution in [2.24, 2.45) is 0 Å². The number of carbonyl (C=O) groups excluding carboxylic acids is 1. The third kappa shape index (κ3) is 3.09. The number of benzene rings is 1. The lowest BCUT2D eigenvalue weighted by molar-refractivity contribution is 0.0898. The first-order valence-electron chi connectivity index (χ1n) is 8.53. The van der Waals surface area contributed by atoms with Gasteiger partial charge >= 0.3 is 6.09 Å². The number of rotatable bonds is 3. The molecule has 0 atom stereocenters. The Morgan fingerprint density at radius 1 is 1.20 bits per heavy atom. The number of fused-ring (bicyclic) bond motifs is 2. The Bertz CT molecular complexity index is 744. The summed E-state index contributed by atoms with van der Waals surface area (Å²) in [6.07, 6.45) is 4.86. The van der Waals surface area contributed by atoms with Crippen molar-refractivity contribution >= 4 is 17.7 Å². The number of nitrogens with zero attached hydrogens (tertiary/aromatic N) is 3. The Labute approximate surface area is 146 Å². The Morgan fingerprint density at radius 3 is 2.76 bits per heavy atom. The smallest absolute Gasteiger partial charge is 0.411 e. The van der Waals surface area contributed by atoms with Gasteiger partial charge < -0.3 is 20.3 Å². The molecule has 7 nitrogen and oxygen atoms in total. The van der Waals surface area contributed by atoms with Crippen molar-refractivity contribution in [2.45, 2.75) is 18.3 Å². The van der Waals surface area contributed by atoms with E-state index in [1.54, 1.807) is 23.4 Å². The molecule has 1 aromatic carbocycles. The van der Waals surface area contributed by atoms with E-state index < -0.39 is 0 Å². The molecule has 2 aliphatic heterocycles. The standard InChI is InChI=1S/C18H21N5O2/c24-17(25-13-22-16-19-8-3-9-20-16)23-10-6-18(7-11-23)12-21-15-5-2-1-4-14(15)18/h1-5,8-9,21H,6-7,10-13H2,(H,19,20,22). The number of carbonyl (C=O) groups is 1. The second-order valence-corrected chi connectivity index (χ2v) is 6.47. The molecule has 2 N–H and O–H groups in total. The number of piperidine rings is 1. The number of likely N-dealkylation sites (tertiary alicyclic amines) is 1. The van der Waals surface area contributed by atoms with Crippen molar-refractivity contribution in [3.63, 3.8) is 0 Å². The fourth-order valence-corrected chi connectivity index (χ4v) is 3.67. The number of hydrogen-bond acceptors (Lipinski definition) is 6. The van der Waals surface area contributed by atoms with Crippen molar-refractivity contribution in [3.05, 3.63) is 48.3 Å². The summed E-state index contributed by atoms with van der Waals surface area (Å²) in [5.74, 6) is 0.446. The van der Waals surface area contributed by atoms with E-state index in [1.165, 1.54) is 11.3 Å². The number of nitrogens with one attached hydrogen (secondary N) is 2. The molecule has 1 fully saturated rings. The highest BCUT2D eigenvalue weighted by atomic mass is 16.6. The van der Waals surface area contributed by atoms with Crippen molar-refractivity contribution < 1.29 is 9.53 Å². The van der Waals surface area contributed by atoms with E-state index >= 15 is 0 Å². The fraction of sp³-hybridized carbons (Fsp3) is 0.389. The van der Waals surface area contributed by atoms with E-state index in [4.69, 9.17) is 4.74 Å². The molecule has 1 spiro atoms. The molecule has 0 bridgehead atoms. The molecule has 1 amide bonds. The number of anilines is 2. The summed E-state index contributed by atoms with van der Waals surface area (Å²) in [5.41, 5.74) is 2.75. The van der Waals surface area contributed by atoms with Crippen LogP contribution in [0.4, 0.5) is 16.4 Å². The molecular formula is C18H21N5O2. The van der Waals surface area contributed by atoms with Gasteiger partial charge in [0, 0.05) is 43.1 Å². The summed E-state index contributed by atoms with van der Waals surface area (Å²) >= 11 is 0. The van der Waals surface area contributed by atoms with Crippen LogP contribution in [0.1, 0.15) is 18.4 Å². The van der Waals surface area contributed by atoms with Gasteiger partial charge in [-0.2, -0.15) is 0 Å². The van der Waals surface area contributed by atoms with E-state index in [2.05, 4.69) is 44.9 Å². The molecule has 2 aromatic rings. The maximum absolute atomic E-state index is 12.2.